The van der Waals surface area contributed by atoms with Crippen molar-refractivity contribution in [3.8, 4) is 17.2 Å². The van der Waals surface area contributed by atoms with Crippen LogP contribution in [-0.2, 0) is 6.61 Å². The lowest BCUT2D eigenvalue weighted by molar-refractivity contribution is 0.173. The van der Waals surface area contributed by atoms with Gasteiger partial charge in [-0.3, -0.25) is 0 Å². The summed E-state index contributed by atoms with van der Waals surface area (Å²) in [6.07, 6.45) is 1.13. The molecule has 2 aromatic carbocycles. The zero-order valence-corrected chi connectivity index (χ0v) is 17.5. The first-order valence-corrected chi connectivity index (χ1v) is 10.5. The van der Waals surface area contributed by atoms with Crippen LogP contribution in [0.25, 0.3) is 0 Å². The molecule has 160 valence electrons. The molecular weight excluding hydrogens is 382 g/mol. The maximum absolute atomic E-state index is 12.3. The molecule has 7 nitrogen and oxygen atoms in total. The van der Waals surface area contributed by atoms with E-state index in [9.17, 15) is 4.79 Å². The molecule has 2 amide bonds. The SMILES string of the molecule is CC(C)N1CCC(CNC(=O)Nc2cccc(COc3ccc4c(c3)OCO4)c2)C1. The van der Waals surface area contributed by atoms with E-state index >= 15 is 0 Å². The molecule has 0 aromatic heterocycles. The average Bonchev–Trinajstić information content (AvgIpc) is 3.40. The van der Waals surface area contributed by atoms with E-state index in [0.29, 0.717) is 36.6 Å². The Morgan fingerprint density at radius 3 is 2.90 bits per heavy atom. The van der Waals surface area contributed by atoms with E-state index in [4.69, 9.17) is 14.2 Å². The predicted octanol–water partition coefficient (Wildman–Crippen LogP) is 3.85. The average molecular weight is 412 g/mol. The minimum atomic E-state index is -0.174. The Balaban J connectivity index is 1.24. The van der Waals surface area contributed by atoms with Crippen LogP contribution in [-0.4, -0.2) is 43.4 Å². The summed E-state index contributed by atoms with van der Waals surface area (Å²) in [5, 5.41) is 5.92. The maximum atomic E-state index is 12.3. The molecular formula is C23H29N3O4. The Bertz CT molecular complexity index is 887. The summed E-state index contributed by atoms with van der Waals surface area (Å²) in [5.41, 5.74) is 1.71. The molecule has 30 heavy (non-hydrogen) atoms. The summed E-state index contributed by atoms with van der Waals surface area (Å²) in [6.45, 7) is 7.91. The molecule has 1 unspecified atom stereocenters. The molecule has 1 fully saturated rings. The molecule has 1 saturated heterocycles. The smallest absolute Gasteiger partial charge is 0.319 e. The van der Waals surface area contributed by atoms with E-state index in [1.54, 1.807) is 0 Å². The van der Waals surface area contributed by atoms with Crippen molar-refractivity contribution >= 4 is 11.7 Å². The van der Waals surface area contributed by atoms with E-state index < -0.39 is 0 Å². The number of anilines is 1. The van der Waals surface area contributed by atoms with Gasteiger partial charge in [-0.1, -0.05) is 12.1 Å². The van der Waals surface area contributed by atoms with Gasteiger partial charge >= 0.3 is 6.03 Å². The lowest BCUT2D eigenvalue weighted by Crippen LogP contribution is -2.35. The van der Waals surface area contributed by atoms with Crippen molar-refractivity contribution in [2.75, 3.05) is 31.7 Å². The summed E-state index contributed by atoms with van der Waals surface area (Å²) in [7, 11) is 0. The van der Waals surface area contributed by atoms with Crippen molar-refractivity contribution in [3.05, 3.63) is 48.0 Å². The fourth-order valence-electron chi connectivity index (χ4n) is 3.78. The Hall–Kier alpha value is -2.93. The Morgan fingerprint density at radius 1 is 1.20 bits per heavy atom. The normalized spacial score (nSPS) is 17.9. The summed E-state index contributed by atoms with van der Waals surface area (Å²) in [6, 6.07) is 13.6. The number of ether oxygens (including phenoxy) is 3. The molecule has 4 rings (SSSR count). The van der Waals surface area contributed by atoms with E-state index in [-0.39, 0.29) is 12.8 Å². The summed E-state index contributed by atoms with van der Waals surface area (Å²) >= 11 is 0. The molecule has 0 spiro atoms. The molecule has 0 radical (unpaired) electrons. The van der Waals surface area contributed by atoms with Gasteiger partial charge in [0.2, 0.25) is 6.79 Å². The highest BCUT2D eigenvalue weighted by Crippen LogP contribution is 2.35. The van der Waals surface area contributed by atoms with Crippen LogP contribution in [0.4, 0.5) is 10.5 Å². The number of fused-ring (bicyclic) bond motifs is 1. The second-order valence-corrected chi connectivity index (χ2v) is 8.08. The quantitative estimate of drug-likeness (QED) is 0.724. The molecule has 2 heterocycles. The topological polar surface area (TPSA) is 72.1 Å². The van der Waals surface area contributed by atoms with E-state index in [1.807, 2.05) is 42.5 Å². The largest absolute Gasteiger partial charge is 0.489 e. The van der Waals surface area contributed by atoms with Crippen LogP contribution in [0.2, 0.25) is 0 Å². The molecule has 2 N–H and O–H groups in total. The molecule has 1 atom stereocenters. The second-order valence-electron chi connectivity index (χ2n) is 8.08. The second kappa shape index (κ2) is 9.26. The number of nitrogens with zero attached hydrogens (tertiary/aromatic N) is 1. The number of amides is 2. The standard InChI is InChI=1S/C23H29N3O4/c1-16(2)26-9-8-18(13-26)12-24-23(27)25-19-5-3-4-17(10-19)14-28-20-6-7-21-22(11-20)30-15-29-21/h3-7,10-11,16,18H,8-9,12-15H2,1-2H3,(H2,24,25,27). The van der Waals surface area contributed by atoms with Crippen LogP contribution in [0, 0.1) is 5.92 Å². The number of carbonyl (C=O) groups is 1. The van der Waals surface area contributed by atoms with Gasteiger partial charge in [0.25, 0.3) is 0 Å². The first kappa shape index (κ1) is 20.3. The zero-order chi connectivity index (χ0) is 20.9. The monoisotopic (exact) mass is 411 g/mol. The number of hydrogen-bond donors (Lipinski definition) is 2. The first-order chi connectivity index (χ1) is 14.6. The summed E-state index contributed by atoms with van der Waals surface area (Å²) < 4.78 is 16.5. The third-order valence-corrected chi connectivity index (χ3v) is 5.53. The molecule has 7 heteroatoms. The molecule has 0 aliphatic carbocycles. The lowest BCUT2D eigenvalue weighted by Gasteiger charge is -2.20. The summed E-state index contributed by atoms with van der Waals surface area (Å²) in [4.78, 5) is 14.7. The van der Waals surface area contributed by atoms with Gasteiger partial charge < -0.3 is 29.7 Å². The van der Waals surface area contributed by atoms with Gasteiger partial charge in [0, 0.05) is 30.9 Å². The van der Waals surface area contributed by atoms with E-state index in [2.05, 4.69) is 29.4 Å². The number of likely N-dealkylation sites (tertiary alicyclic amines) is 1. The van der Waals surface area contributed by atoms with Crippen LogP contribution in [0.5, 0.6) is 17.2 Å². The fourth-order valence-corrected chi connectivity index (χ4v) is 3.78. The number of nitrogens with one attached hydrogen (secondary N) is 2. The zero-order valence-electron chi connectivity index (χ0n) is 17.5. The van der Waals surface area contributed by atoms with Crippen LogP contribution in [0.3, 0.4) is 0 Å². The van der Waals surface area contributed by atoms with Gasteiger partial charge in [-0.05, 0) is 62.6 Å². The predicted molar refractivity (Wildman–Crippen MR) is 115 cm³/mol. The van der Waals surface area contributed by atoms with E-state index in [0.717, 1.165) is 36.5 Å². The van der Waals surface area contributed by atoms with Crippen LogP contribution in [0.1, 0.15) is 25.8 Å². The van der Waals surface area contributed by atoms with Crippen molar-refractivity contribution in [3.63, 3.8) is 0 Å². The lowest BCUT2D eigenvalue weighted by atomic mass is 10.1. The Morgan fingerprint density at radius 2 is 2.07 bits per heavy atom. The summed E-state index contributed by atoms with van der Waals surface area (Å²) in [5.74, 6) is 2.65. The number of urea groups is 1. The van der Waals surface area contributed by atoms with Gasteiger partial charge in [-0.25, -0.2) is 4.79 Å². The van der Waals surface area contributed by atoms with Gasteiger partial charge in [-0.15, -0.1) is 0 Å². The van der Waals surface area contributed by atoms with Crippen molar-refractivity contribution in [2.24, 2.45) is 5.92 Å². The van der Waals surface area contributed by atoms with Crippen molar-refractivity contribution in [1.82, 2.24) is 10.2 Å². The highest BCUT2D eigenvalue weighted by Gasteiger charge is 2.24. The van der Waals surface area contributed by atoms with Crippen molar-refractivity contribution < 1.29 is 19.0 Å². The van der Waals surface area contributed by atoms with E-state index in [1.165, 1.54) is 0 Å². The van der Waals surface area contributed by atoms with Gasteiger partial charge in [0.1, 0.15) is 12.4 Å². The minimum absolute atomic E-state index is 0.174. The van der Waals surface area contributed by atoms with Gasteiger partial charge in [-0.2, -0.15) is 0 Å². The van der Waals surface area contributed by atoms with Gasteiger partial charge in [0.05, 0.1) is 0 Å². The molecule has 2 aromatic rings. The minimum Gasteiger partial charge on any atom is -0.489 e. The third kappa shape index (κ3) is 5.16. The third-order valence-electron chi connectivity index (χ3n) is 5.53. The van der Waals surface area contributed by atoms with Crippen LogP contribution in [0.15, 0.2) is 42.5 Å². The number of carbonyl (C=O) groups excluding carboxylic acids is 1. The number of rotatable bonds is 7. The van der Waals surface area contributed by atoms with Crippen LogP contribution < -0.4 is 24.8 Å². The van der Waals surface area contributed by atoms with Crippen molar-refractivity contribution in [1.29, 1.82) is 0 Å². The van der Waals surface area contributed by atoms with Gasteiger partial charge in [0.15, 0.2) is 11.5 Å². The van der Waals surface area contributed by atoms with Crippen LogP contribution >= 0.6 is 0 Å². The highest BCUT2D eigenvalue weighted by molar-refractivity contribution is 5.89. The highest BCUT2D eigenvalue weighted by atomic mass is 16.7. The molecule has 2 aliphatic heterocycles. The molecule has 0 bridgehead atoms. The maximum Gasteiger partial charge on any atom is 0.319 e. The molecule has 2 aliphatic rings. The Labute approximate surface area is 177 Å². The Kier molecular flexibility index (Phi) is 6.28. The first-order valence-electron chi connectivity index (χ1n) is 10.5. The number of benzene rings is 2. The fraction of sp³-hybridized carbons (Fsp3) is 0.435. The number of hydrogen-bond acceptors (Lipinski definition) is 5. The van der Waals surface area contributed by atoms with Crippen molar-refractivity contribution in [2.45, 2.75) is 32.9 Å². The molecule has 0 saturated carbocycles.